The van der Waals surface area contributed by atoms with Gasteiger partial charge in [-0.3, -0.25) is 0 Å². The molecular weight excluding hydrogens is 274 g/mol. The molecule has 108 valence electrons. The molecule has 9 heteroatoms. The molecule has 0 saturated heterocycles. The van der Waals surface area contributed by atoms with Crippen LogP contribution in [0.4, 0.5) is 11.6 Å². The lowest BCUT2D eigenvalue weighted by atomic mass is 10.4. The van der Waals surface area contributed by atoms with Crippen molar-refractivity contribution < 1.29 is 4.92 Å². The van der Waals surface area contributed by atoms with Gasteiger partial charge in [0.15, 0.2) is 0 Å². The van der Waals surface area contributed by atoms with E-state index in [4.69, 9.17) is 0 Å². The molecule has 0 radical (unpaired) electrons. The smallest absolute Gasteiger partial charge is 0.363 e. The zero-order valence-electron chi connectivity index (χ0n) is 11.3. The Bertz CT molecular complexity index is 792. The lowest BCUT2D eigenvalue weighted by Crippen LogP contribution is -2.10. The molecule has 0 saturated carbocycles. The number of pyridine rings is 1. The molecular formula is C12H13N7O2. The van der Waals surface area contributed by atoms with Crippen LogP contribution in [0.2, 0.25) is 0 Å². The lowest BCUT2D eigenvalue weighted by molar-refractivity contribution is -0.389. The molecule has 0 spiro atoms. The van der Waals surface area contributed by atoms with Crippen LogP contribution in [-0.4, -0.2) is 35.6 Å². The molecule has 3 rings (SSSR count). The molecule has 3 aromatic rings. The van der Waals surface area contributed by atoms with Crippen LogP contribution < -0.4 is 5.32 Å². The predicted octanol–water partition coefficient (Wildman–Crippen LogP) is 1.03. The fraction of sp³-hybridized carbons (Fsp3) is 0.250. The van der Waals surface area contributed by atoms with Crippen molar-refractivity contribution in [3.8, 4) is 0 Å². The van der Waals surface area contributed by atoms with Crippen LogP contribution in [0.25, 0.3) is 5.65 Å². The van der Waals surface area contributed by atoms with Gasteiger partial charge in [-0.1, -0.05) is 6.07 Å². The average Bonchev–Trinajstić information content (AvgIpc) is 3.02. The second kappa shape index (κ2) is 5.19. The number of nitrogens with one attached hydrogen (secondary N) is 1. The van der Waals surface area contributed by atoms with E-state index in [9.17, 15) is 10.1 Å². The minimum Gasteiger partial charge on any atom is -0.363 e. The minimum atomic E-state index is -0.440. The standard InChI is InChI=1S/C12H13N7O2/c1-17-8-14-16-10(17)5-6-13-11-12(19(20)21)18-7-3-2-4-9(18)15-11/h2-4,7-8,13H,5-6H2,1H3. The van der Waals surface area contributed by atoms with Gasteiger partial charge in [-0.25, -0.2) is 0 Å². The van der Waals surface area contributed by atoms with E-state index in [1.165, 1.54) is 4.40 Å². The molecule has 0 aliphatic carbocycles. The molecule has 3 heterocycles. The highest BCUT2D eigenvalue weighted by molar-refractivity contribution is 5.62. The van der Waals surface area contributed by atoms with Crippen LogP contribution in [-0.2, 0) is 13.5 Å². The maximum atomic E-state index is 11.2. The van der Waals surface area contributed by atoms with Crippen molar-refractivity contribution >= 4 is 17.3 Å². The van der Waals surface area contributed by atoms with Crippen molar-refractivity contribution in [3.63, 3.8) is 0 Å². The Kier molecular flexibility index (Phi) is 3.22. The molecule has 0 amide bonds. The van der Waals surface area contributed by atoms with Crippen molar-refractivity contribution in [2.45, 2.75) is 6.42 Å². The Morgan fingerprint density at radius 1 is 1.43 bits per heavy atom. The van der Waals surface area contributed by atoms with Crippen LogP contribution in [0.1, 0.15) is 5.82 Å². The number of nitrogens with zero attached hydrogens (tertiary/aromatic N) is 6. The Morgan fingerprint density at radius 3 is 3.00 bits per heavy atom. The zero-order chi connectivity index (χ0) is 14.8. The topological polar surface area (TPSA) is 103 Å². The number of nitro groups is 1. The quantitative estimate of drug-likeness (QED) is 0.555. The summed E-state index contributed by atoms with van der Waals surface area (Å²) in [5.74, 6) is 0.992. The summed E-state index contributed by atoms with van der Waals surface area (Å²) in [7, 11) is 1.85. The molecule has 9 nitrogen and oxygen atoms in total. The van der Waals surface area contributed by atoms with E-state index in [1.54, 1.807) is 35.3 Å². The molecule has 21 heavy (non-hydrogen) atoms. The van der Waals surface area contributed by atoms with Crippen molar-refractivity contribution in [3.05, 3.63) is 46.7 Å². The van der Waals surface area contributed by atoms with Gasteiger partial charge in [-0.05, 0) is 11.0 Å². The highest BCUT2D eigenvalue weighted by Gasteiger charge is 2.21. The van der Waals surface area contributed by atoms with Gasteiger partial charge in [0, 0.05) is 26.1 Å². The third kappa shape index (κ3) is 2.40. The summed E-state index contributed by atoms with van der Waals surface area (Å²) in [6, 6.07) is 5.24. The molecule has 0 unspecified atom stereocenters. The van der Waals surface area contributed by atoms with Crippen molar-refractivity contribution in [2.75, 3.05) is 11.9 Å². The van der Waals surface area contributed by atoms with Crippen LogP contribution in [0.3, 0.4) is 0 Å². The highest BCUT2D eigenvalue weighted by Crippen LogP contribution is 2.24. The number of imidazole rings is 1. The minimum absolute atomic E-state index is 0.0661. The van der Waals surface area contributed by atoms with E-state index in [2.05, 4.69) is 20.5 Å². The van der Waals surface area contributed by atoms with Gasteiger partial charge < -0.3 is 20.0 Å². The molecule has 0 aromatic carbocycles. The zero-order valence-corrected chi connectivity index (χ0v) is 11.3. The lowest BCUT2D eigenvalue weighted by Gasteiger charge is -2.03. The van der Waals surface area contributed by atoms with E-state index in [0.717, 1.165) is 5.82 Å². The second-order valence-corrected chi connectivity index (χ2v) is 4.50. The van der Waals surface area contributed by atoms with Gasteiger partial charge in [-0.15, -0.1) is 10.2 Å². The van der Waals surface area contributed by atoms with Gasteiger partial charge in [0.2, 0.25) is 11.5 Å². The predicted molar refractivity (Wildman–Crippen MR) is 75.0 cm³/mol. The fourth-order valence-corrected chi connectivity index (χ4v) is 2.10. The van der Waals surface area contributed by atoms with Crippen molar-refractivity contribution in [1.82, 2.24) is 24.1 Å². The number of anilines is 1. The molecule has 1 N–H and O–H groups in total. The Morgan fingerprint density at radius 2 is 2.29 bits per heavy atom. The highest BCUT2D eigenvalue weighted by atomic mass is 16.6. The first-order valence-corrected chi connectivity index (χ1v) is 6.35. The third-order valence-electron chi connectivity index (χ3n) is 3.12. The fourth-order valence-electron chi connectivity index (χ4n) is 2.10. The van der Waals surface area contributed by atoms with Crippen molar-refractivity contribution in [1.29, 1.82) is 0 Å². The van der Waals surface area contributed by atoms with Crippen LogP contribution >= 0.6 is 0 Å². The van der Waals surface area contributed by atoms with Crippen molar-refractivity contribution in [2.24, 2.45) is 7.05 Å². The normalized spacial score (nSPS) is 10.9. The molecule has 0 aliphatic heterocycles. The maximum absolute atomic E-state index is 11.2. The second-order valence-electron chi connectivity index (χ2n) is 4.50. The number of rotatable bonds is 5. The molecule has 3 aromatic heterocycles. The van der Waals surface area contributed by atoms with Crippen LogP contribution in [0.5, 0.6) is 0 Å². The van der Waals surface area contributed by atoms with E-state index in [1.807, 2.05) is 7.05 Å². The van der Waals surface area contributed by atoms with Gasteiger partial charge in [0.05, 0.1) is 6.20 Å². The first-order valence-electron chi connectivity index (χ1n) is 6.35. The van der Waals surface area contributed by atoms with Gasteiger partial charge in [0.1, 0.15) is 12.2 Å². The number of hydrogen-bond acceptors (Lipinski definition) is 6. The molecule has 0 atom stereocenters. The summed E-state index contributed by atoms with van der Waals surface area (Å²) in [6.07, 6.45) is 3.83. The van der Waals surface area contributed by atoms with Crippen LogP contribution in [0, 0.1) is 10.1 Å². The van der Waals surface area contributed by atoms with E-state index < -0.39 is 4.92 Å². The third-order valence-corrected chi connectivity index (χ3v) is 3.12. The summed E-state index contributed by atoms with van der Waals surface area (Å²) in [4.78, 5) is 15.0. The Balaban J connectivity index is 1.82. The number of aromatic nitrogens is 5. The summed E-state index contributed by atoms with van der Waals surface area (Å²) in [6.45, 7) is 0.483. The first-order chi connectivity index (χ1) is 10.2. The van der Waals surface area contributed by atoms with E-state index in [-0.39, 0.29) is 11.6 Å². The summed E-state index contributed by atoms with van der Waals surface area (Å²) >= 11 is 0. The Hall–Kier alpha value is -2.97. The van der Waals surface area contributed by atoms with Gasteiger partial charge >= 0.3 is 5.82 Å². The summed E-state index contributed by atoms with van der Waals surface area (Å²) in [5.41, 5.74) is 0.533. The summed E-state index contributed by atoms with van der Waals surface area (Å²) < 4.78 is 3.25. The van der Waals surface area contributed by atoms with Gasteiger partial charge in [0.25, 0.3) is 0 Å². The summed E-state index contributed by atoms with van der Waals surface area (Å²) in [5, 5.41) is 22.0. The number of fused-ring (bicyclic) bond motifs is 1. The van der Waals surface area contributed by atoms with E-state index in [0.29, 0.717) is 18.6 Å². The monoisotopic (exact) mass is 287 g/mol. The molecule has 0 aliphatic rings. The number of hydrogen-bond donors (Lipinski definition) is 1. The Labute approximate surface area is 119 Å². The largest absolute Gasteiger partial charge is 0.372 e. The first kappa shape index (κ1) is 13.0. The van der Waals surface area contributed by atoms with E-state index >= 15 is 0 Å². The molecule has 0 bridgehead atoms. The van der Waals surface area contributed by atoms with Gasteiger partial charge in [-0.2, -0.15) is 9.38 Å². The maximum Gasteiger partial charge on any atom is 0.372 e. The van der Waals surface area contributed by atoms with Crippen LogP contribution in [0.15, 0.2) is 30.7 Å². The number of aryl methyl sites for hydroxylation is 1. The molecule has 0 fully saturated rings. The SMILES string of the molecule is Cn1cnnc1CCNc1nc2ccccn2c1[N+](=O)[O-]. The average molecular weight is 287 g/mol.